The van der Waals surface area contributed by atoms with Gasteiger partial charge in [-0.15, -0.1) is 5.10 Å². The van der Waals surface area contributed by atoms with Crippen LogP contribution in [0.3, 0.4) is 0 Å². The first kappa shape index (κ1) is 15.8. The predicted octanol–water partition coefficient (Wildman–Crippen LogP) is 3.01. The van der Waals surface area contributed by atoms with E-state index in [9.17, 15) is 5.11 Å². The molecular formula is C19H21N5O. The Hall–Kier alpha value is -2.73. The number of imidazole rings is 1. The van der Waals surface area contributed by atoms with Gasteiger partial charge in [0.1, 0.15) is 5.82 Å². The van der Waals surface area contributed by atoms with Crippen LogP contribution in [0.2, 0.25) is 0 Å². The molecule has 4 rings (SSSR count). The van der Waals surface area contributed by atoms with Crippen LogP contribution in [0.15, 0.2) is 42.7 Å². The fraction of sp³-hybridized carbons (Fsp3) is 0.316. The normalized spacial score (nSPS) is 21.0. The first-order valence-corrected chi connectivity index (χ1v) is 8.66. The Kier molecular flexibility index (Phi) is 4.43. The van der Waals surface area contributed by atoms with Gasteiger partial charge in [0.25, 0.3) is 0 Å². The molecule has 1 fully saturated rings. The van der Waals surface area contributed by atoms with Crippen molar-refractivity contribution in [1.82, 2.24) is 19.6 Å². The zero-order valence-electron chi connectivity index (χ0n) is 13.9. The lowest BCUT2D eigenvalue weighted by molar-refractivity contribution is 0.126. The van der Waals surface area contributed by atoms with Crippen LogP contribution in [-0.4, -0.2) is 36.8 Å². The molecule has 1 aliphatic carbocycles. The van der Waals surface area contributed by atoms with Gasteiger partial charge >= 0.3 is 0 Å². The van der Waals surface area contributed by atoms with E-state index >= 15 is 0 Å². The van der Waals surface area contributed by atoms with E-state index in [2.05, 4.69) is 20.4 Å². The van der Waals surface area contributed by atoms with E-state index in [0.29, 0.717) is 6.04 Å². The van der Waals surface area contributed by atoms with Crippen molar-refractivity contribution in [2.24, 2.45) is 0 Å². The molecule has 2 N–H and O–H groups in total. The highest BCUT2D eigenvalue weighted by Gasteiger charge is 2.19. The quantitative estimate of drug-likeness (QED) is 0.766. The molecule has 6 heteroatoms. The van der Waals surface area contributed by atoms with Gasteiger partial charge in [-0.3, -0.25) is 4.98 Å². The molecule has 0 radical (unpaired) electrons. The first-order valence-electron chi connectivity index (χ1n) is 8.66. The molecule has 3 aromatic rings. The van der Waals surface area contributed by atoms with Gasteiger partial charge in [0.2, 0.25) is 0 Å². The molecule has 6 nitrogen and oxygen atoms in total. The molecule has 1 aliphatic rings. The molecule has 25 heavy (non-hydrogen) atoms. The van der Waals surface area contributed by atoms with E-state index in [0.717, 1.165) is 48.5 Å². The number of fused-ring (bicyclic) bond motifs is 1. The molecule has 0 aromatic carbocycles. The smallest absolute Gasteiger partial charge is 0.154 e. The number of hydrogen-bond acceptors (Lipinski definition) is 5. The summed E-state index contributed by atoms with van der Waals surface area (Å²) in [6.45, 7) is 0. The zero-order chi connectivity index (χ0) is 17.1. The molecule has 0 unspecified atom stereocenters. The van der Waals surface area contributed by atoms with Crippen LogP contribution in [0.5, 0.6) is 0 Å². The number of rotatable bonds is 4. The van der Waals surface area contributed by atoms with Gasteiger partial charge in [-0.1, -0.05) is 6.07 Å². The van der Waals surface area contributed by atoms with Crippen molar-refractivity contribution in [3.63, 3.8) is 0 Å². The summed E-state index contributed by atoms with van der Waals surface area (Å²) in [6.07, 6.45) is 11.0. The number of nitrogens with one attached hydrogen (secondary N) is 1. The third kappa shape index (κ3) is 3.69. The summed E-state index contributed by atoms with van der Waals surface area (Å²) < 4.78 is 1.83. The highest BCUT2D eigenvalue weighted by Crippen LogP contribution is 2.21. The number of aliphatic hydroxyl groups excluding tert-OH is 1. The molecule has 0 amide bonds. The number of pyridine rings is 1. The monoisotopic (exact) mass is 335 g/mol. The van der Waals surface area contributed by atoms with Crippen LogP contribution < -0.4 is 5.32 Å². The minimum Gasteiger partial charge on any atom is -0.393 e. The second kappa shape index (κ2) is 7.03. The van der Waals surface area contributed by atoms with E-state index < -0.39 is 0 Å². The van der Waals surface area contributed by atoms with Crippen molar-refractivity contribution >= 4 is 23.6 Å². The molecule has 128 valence electrons. The average Bonchev–Trinajstić information content (AvgIpc) is 3.05. The van der Waals surface area contributed by atoms with Crippen LogP contribution in [0.4, 0.5) is 5.82 Å². The van der Waals surface area contributed by atoms with Crippen molar-refractivity contribution in [3.05, 3.63) is 54.1 Å². The minimum atomic E-state index is -0.148. The Morgan fingerprint density at radius 3 is 2.72 bits per heavy atom. The van der Waals surface area contributed by atoms with E-state index in [1.54, 1.807) is 6.20 Å². The zero-order valence-corrected chi connectivity index (χ0v) is 13.9. The van der Waals surface area contributed by atoms with Gasteiger partial charge < -0.3 is 10.4 Å². The second-order valence-corrected chi connectivity index (χ2v) is 6.41. The van der Waals surface area contributed by atoms with Gasteiger partial charge in [-0.05, 0) is 62.1 Å². The molecule has 3 aromatic heterocycles. The Bertz CT molecular complexity index is 866. The predicted molar refractivity (Wildman–Crippen MR) is 98.0 cm³/mol. The molecule has 3 heterocycles. The number of nitrogens with zero attached hydrogens (tertiary/aromatic N) is 4. The minimum absolute atomic E-state index is 0.148. The molecule has 0 saturated heterocycles. The second-order valence-electron chi connectivity index (χ2n) is 6.41. The van der Waals surface area contributed by atoms with Crippen LogP contribution in [0.25, 0.3) is 17.8 Å². The SMILES string of the molecule is O[C@H]1CC[C@H](Nc2ccc3ncc(C=Cc4ccccn4)n3n2)CC1. The molecule has 0 bridgehead atoms. The van der Waals surface area contributed by atoms with Gasteiger partial charge in [-0.25, -0.2) is 9.50 Å². The molecule has 0 spiro atoms. The fourth-order valence-corrected chi connectivity index (χ4v) is 3.16. The largest absolute Gasteiger partial charge is 0.393 e. The summed E-state index contributed by atoms with van der Waals surface area (Å²) in [5.41, 5.74) is 2.61. The van der Waals surface area contributed by atoms with Crippen molar-refractivity contribution in [2.75, 3.05) is 5.32 Å². The Balaban J connectivity index is 1.54. The molecule has 1 saturated carbocycles. The maximum atomic E-state index is 9.63. The third-order valence-corrected chi connectivity index (χ3v) is 4.55. The number of aromatic nitrogens is 4. The first-order chi connectivity index (χ1) is 12.3. The van der Waals surface area contributed by atoms with Gasteiger partial charge in [-0.2, -0.15) is 0 Å². The average molecular weight is 335 g/mol. The van der Waals surface area contributed by atoms with E-state index in [1.165, 1.54) is 0 Å². The summed E-state index contributed by atoms with van der Waals surface area (Å²) in [7, 11) is 0. The topological polar surface area (TPSA) is 75.3 Å². The van der Waals surface area contributed by atoms with Crippen molar-refractivity contribution in [2.45, 2.75) is 37.8 Å². The van der Waals surface area contributed by atoms with Crippen LogP contribution >= 0.6 is 0 Å². The van der Waals surface area contributed by atoms with E-state index in [-0.39, 0.29) is 6.10 Å². The standard InChI is InChI=1S/C19H21N5O/c25-17-8-5-15(6-9-17)22-18-10-11-19-21-13-16(24(19)23-18)7-4-14-3-1-2-12-20-14/h1-4,7,10-13,15,17,25H,5-6,8-9H2,(H,22,23)/t15-,17-. The summed E-state index contributed by atoms with van der Waals surface area (Å²) >= 11 is 0. The Morgan fingerprint density at radius 2 is 1.92 bits per heavy atom. The number of anilines is 1. The van der Waals surface area contributed by atoms with Crippen molar-refractivity contribution in [3.8, 4) is 0 Å². The van der Waals surface area contributed by atoms with Crippen LogP contribution in [0.1, 0.15) is 37.1 Å². The third-order valence-electron chi connectivity index (χ3n) is 4.55. The number of hydrogen-bond donors (Lipinski definition) is 2. The van der Waals surface area contributed by atoms with Crippen molar-refractivity contribution < 1.29 is 5.11 Å². The Labute approximate surface area is 146 Å². The highest BCUT2D eigenvalue weighted by molar-refractivity contribution is 5.67. The lowest BCUT2D eigenvalue weighted by atomic mass is 9.93. The van der Waals surface area contributed by atoms with Gasteiger partial charge in [0, 0.05) is 12.2 Å². The van der Waals surface area contributed by atoms with E-state index in [4.69, 9.17) is 0 Å². The highest BCUT2D eigenvalue weighted by atomic mass is 16.3. The molecular weight excluding hydrogens is 314 g/mol. The number of aliphatic hydroxyl groups is 1. The van der Waals surface area contributed by atoms with Crippen LogP contribution in [-0.2, 0) is 0 Å². The van der Waals surface area contributed by atoms with Gasteiger partial charge in [0.05, 0.1) is 23.7 Å². The summed E-state index contributed by atoms with van der Waals surface area (Å²) in [5.74, 6) is 0.833. The van der Waals surface area contributed by atoms with Crippen LogP contribution in [0, 0.1) is 0 Å². The van der Waals surface area contributed by atoms with Crippen molar-refractivity contribution in [1.29, 1.82) is 0 Å². The fourth-order valence-electron chi connectivity index (χ4n) is 3.16. The summed E-state index contributed by atoms with van der Waals surface area (Å²) in [6, 6.07) is 10.1. The molecule has 0 atom stereocenters. The summed E-state index contributed by atoms with van der Waals surface area (Å²) in [5, 5.41) is 17.8. The lowest BCUT2D eigenvalue weighted by Crippen LogP contribution is -2.28. The maximum absolute atomic E-state index is 9.63. The van der Waals surface area contributed by atoms with Gasteiger partial charge in [0.15, 0.2) is 5.65 Å². The molecule has 0 aliphatic heterocycles. The van der Waals surface area contributed by atoms with E-state index in [1.807, 2.05) is 53.2 Å². The maximum Gasteiger partial charge on any atom is 0.154 e. The lowest BCUT2D eigenvalue weighted by Gasteiger charge is -2.26. The summed E-state index contributed by atoms with van der Waals surface area (Å²) in [4.78, 5) is 8.69. The Morgan fingerprint density at radius 1 is 1.04 bits per heavy atom.